The number of fused-ring (bicyclic) bond motifs is 1. The fourth-order valence-electron chi connectivity index (χ4n) is 4.11. The summed E-state index contributed by atoms with van der Waals surface area (Å²) in [7, 11) is -3.66. The van der Waals surface area contributed by atoms with Gasteiger partial charge in [0.25, 0.3) is 0 Å². The minimum atomic E-state index is -3.66. The van der Waals surface area contributed by atoms with E-state index in [-0.39, 0.29) is 29.0 Å². The number of amides is 2. The van der Waals surface area contributed by atoms with Crippen LogP contribution in [0.25, 0.3) is 0 Å². The lowest BCUT2D eigenvalue weighted by molar-refractivity contribution is -0.120. The Kier molecular flexibility index (Phi) is 7.11. The maximum Gasteiger partial charge on any atom is 0.244 e. The summed E-state index contributed by atoms with van der Waals surface area (Å²) in [5, 5.41) is 2.85. The van der Waals surface area contributed by atoms with Crippen molar-refractivity contribution in [3.8, 4) is 0 Å². The van der Waals surface area contributed by atoms with E-state index in [2.05, 4.69) is 5.32 Å². The second-order valence-corrected chi connectivity index (χ2v) is 11.5. The van der Waals surface area contributed by atoms with Gasteiger partial charge in [-0.1, -0.05) is 18.9 Å². The molecule has 0 saturated carbocycles. The van der Waals surface area contributed by atoms with E-state index < -0.39 is 10.0 Å². The first kappa shape index (κ1) is 23.8. The van der Waals surface area contributed by atoms with Crippen molar-refractivity contribution in [1.29, 1.82) is 0 Å². The molecule has 1 N–H and O–H groups in total. The molecule has 2 aliphatic heterocycles. The van der Waals surface area contributed by atoms with Crippen molar-refractivity contribution in [3.63, 3.8) is 0 Å². The van der Waals surface area contributed by atoms with Crippen molar-refractivity contribution in [1.82, 2.24) is 4.31 Å². The van der Waals surface area contributed by atoms with Gasteiger partial charge in [-0.3, -0.25) is 9.59 Å². The zero-order chi connectivity index (χ0) is 23.6. The van der Waals surface area contributed by atoms with Crippen LogP contribution in [0.3, 0.4) is 0 Å². The molecule has 0 radical (unpaired) electrons. The number of nitrogens with zero attached hydrogens (tertiary/aromatic N) is 2. The molecule has 2 heterocycles. The summed E-state index contributed by atoms with van der Waals surface area (Å²) in [6.07, 6.45) is 3.77. The summed E-state index contributed by atoms with van der Waals surface area (Å²) >= 11 is 1.36. The van der Waals surface area contributed by atoms with Gasteiger partial charge in [0, 0.05) is 23.7 Å². The molecular weight excluding hydrogens is 458 g/mol. The Morgan fingerprint density at radius 3 is 2.42 bits per heavy atom. The Balaban J connectivity index is 1.58. The Hall–Kier alpha value is -2.36. The highest BCUT2D eigenvalue weighted by Crippen LogP contribution is 2.37. The van der Waals surface area contributed by atoms with E-state index in [1.165, 1.54) is 21.0 Å². The van der Waals surface area contributed by atoms with E-state index in [0.717, 1.165) is 41.7 Å². The van der Waals surface area contributed by atoms with E-state index >= 15 is 0 Å². The molecule has 0 atom stereocenters. The molecule has 1 fully saturated rings. The van der Waals surface area contributed by atoms with Crippen molar-refractivity contribution in [2.24, 2.45) is 0 Å². The highest BCUT2D eigenvalue weighted by Gasteiger charge is 2.31. The fraction of sp³-hybridized carbons (Fsp3) is 0.417. The van der Waals surface area contributed by atoms with Crippen LogP contribution in [0, 0.1) is 13.8 Å². The molecular formula is C24H29N3O4S2. The molecule has 1 saturated heterocycles. The standard InChI is InChI=1S/C24H29N3O4S2/c1-17-7-8-19(13-18(17)2)25-23(28)15-27-21-14-20(9-10-22(21)32-16-24(27)29)33(30,31)26-11-5-3-4-6-12-26/h7-10,13-14H,3-6,11-12,15-16H2,1-2H3,(H,25,28). The lowest BCUT2D eigenvalue weighted by Gasteiger charge is -2.29. The molecule has 33 heavy (non-hydrogen) atoms. The third-order valence-corrected chi connectivity index (χ3v) is 9.11. The number of aryl methyl sites for hydroxylation is 2. The number of benzene rings is 2. The molecule has 0 spiro atoms. The summed E-state index contributed by atoms with van der Waals surface area (Å²) < 4.78 is 28.1. The minimum absolute atomic E-state index is 0.165. The van der Waals surface area contributed by atoms with Crippen molar-refractivity contribution in [2.75, 3.05) is 35.6 Å². The number of nitrogens with one attached hydrogen (secondary N) is 1. The van der Waals surface area contributed by atoms with Crippen LogP contribution in [-0.2, 0) is 19.6 Å². The number of rotatable bonds is 5. The minimum Gasteiger partial charge on any atom is -0.325 e. The molecule has 0 bridgehead atoms. The molecule has 9 heteroatoms. The normalized spacial score (nSPS) is 17.4. The van der Waals surface area contributed by atoms with Crippen LogP contribution in [0.2, 0.25) is 0 Å². The van der Waals surface area contributed by atoms with Crippen LogP contribution < -0.4 is 10.2 Å². The second-order valence-electron chi connectivity index (χ2n) is 8.56. The van der Waals surface area contributed by atoms with Crippen LogP contribution in [0.1, 0.15) is 36.8 Å². The summed E-state index contributed by atoms with van der Waals surface area (Å²) in [4.78, 5) is 27.8. The van der Waals surface area contributed by atoms with Gasteiger partial charge in [0.05, 0.1) is 16.3 Å². The molecule has 176 valence electrons. The predicted octanol–water partition coefficient (Wildman–Crippen LogP) is 3.95. The first-order valence-electron chi connectivity index (χ1n) is 11.2. The van der Waals surface area contributed by atoms with Gasteiger partial charge in [-0.05, 0) is 68.1 Å². The van der Waals surface area contributed by atoms with E-state index in [9.17, 15) is 18.0 Å². The number of anilines is 2. The Labute approximate surface area is 199 Å². The number of hydrogen-bond donors (Lipinski definition) is 1. The lowest BCUT2D eigenvalue weighted by Crippen LogP contribution is -2.41. The third-order valence-electron chi connectivity index (χ3n) is 6.17. The Morgan fingerprint density at radius 1 is 1.00 bits per heavy atom. The van der Waals surface area contributed by atoms with Crippen molar-refractivity contribution < 1.29 is 18.0 Å². The number of carbonyl (C=O) groups excluding carboxylic acids is 2. The topological polar surface area (TPSA) is 86.8 Å². The molecule has 4 rings (SSSR count). The van der Waals surface area contributed by atoms with Gasteiger partial charge in [0.1, 0.15) is 6.54 Å². The van der Waals surface area contributed by atoms with Gasteiger partial charge in [-0.15, -0.1) is 11.8 Å². The molecule has 2 aromatic carbocycles. The summed E-state index contributed by atoms with van der Waals surface area (Å²) in [6.45, 7) is 4.81. The van der Waals surface area contributed by atoms with Crippen LogP contribution in [0.15, 0.2) is 46.2 Å². The molecule has 0 aromatic heterocycles. The smallest absolute Gasteiger partial charge is 0.244 e. The Morgan fingerprint density at radius 2 is 1.73 bits per heavy atom. The van der Waals surface area contributed by atoms with E-state index in [0.29, 0.717) is 24.5 Å². The predicted molar refractivity (Wildman–Crippen MR) is 131 cm³/mol. The lowest BCUT2D eigenvalue weighted by atomic mass is 10.1. The molecule has 0 unspecified atom stereocenters. The average molecular weight is 488 g/mol. The van der Waals surface area contributed by atoms with Gasteiger partial charge in [0.2, 0.25) is 21.8 Å². The summed E-state index contributed by atoms with van der Waals surface area (Å²) in [5.41, 5.74) is 3.33. The molecule has 7 nitrogen and oxygen atoms in total. The highest BCUT2D eigenvalue weighted by molar-refractivity contribution is 8.00. The number of sulfonamides is 1. The van der Waals surface area contributed by atoms with Gasteiger partial charge in [-0.2, -0.15) is 4.31 Å². The van der Waals surface area contributed by atoms with Gasteiger partial charge in [-0.25, -0.2) is 8.42 Å². The molecule has 2 aromatic rings. The van der Waals surface area contributed by atoms with E-state index in [4.69, 9.17) is 0 Å². The first-order chi connectivity index (χ1) is 15.8. The van der Waals surface area contributed by atoms with Crippen molar-refractivity contribution >= 4 is 45.0 Å². The summed E-state index contributed by atoms with van der Waals surface area (Å²) in [5.74, 6) is -0.334. The zero-order valence-electron chi connectivity index (χ0n) is 19.0. The SMILES string of the molecule is Cc1ccc(NC(=O)CN2C(=O)CSc3ccc(S(=O)(=O)N4CCCCCC4)cc32)cc1C. The Bertz CT molecular complexity index is 1170. The quantitative estimate of drug-likeness (QED) is 0.690. The van der Waals surface area contributed by atoms with Crippen molar-refractivity contribution in [2.45, 2.75) is 49.3 Å². The molecule has 0 aliphatic carbocycles. The molecule has 2 aliphatic rings. The van der Waals surface area contributed by atoms with Gasteiger partial charge < -0.3 is 10.2 Å². The maximum atomic E-state index is 13.3. The summed E-state index contributed by atoms with van der Waals surface area (Å²) in [6, 6.07) is 10.5. The number of hydrogen-bond acceptors (Lipinski definition) is 5. The largest absolute Gasteiger partial charge is 0.325 e. The zero-order valence-corrected chi connectivity index (χ0v) is 20.6. The van der Waals surface area contributed by atoms with Crippen LogP contribution in [0.4, 0.5) is 11.4 Å². The number of carbonyl (C=O) groups is 2. The monoisotopic (exact) mass is 487 g/mol. The van der Waals surface area contributed by atoms with Crippen LogP contribution >= 0.6 is 11.8 Å². The second kappa shape index (κ2) is 9.87. The fourth-order valence-corrected chi connectivity index (χ4v) is 6.56. The maximum absolute atomic E-state index is 13.3. The average Bonchev–Trinajstić information content (AvgIpc) is 3.08. The third kappa shape index (κ3) is 5.26. The van der Waals surface area contributed by atoms with Crippen LogP contribution in [0.5, 0.6) is 0 Å². The van der Waals surface area contributed by atoms with Gasteiger partial charge in [0.15, 0.2) is 0 Å². The van der Waals surface area contributed by atoms with Gasteiger partial charge >= 0.3 is 0 Å². The van der Waals surface area contributed by atoms with Crippen molar-refractivity contribution in [3.05, 3.63) is 47.5 Å². The van der Waals surface area contributed by atoms with E-state index in [1.54, 1.807) is 18.2 Å². The molecule has 2 amide bonds. The first-order valence-corrected chi connectivity index (χ1v) is 13.6. The van der Waals surface area contributed by atoms with Crippen LogP contribution in [-0.4, -0.2) is 49.9 Å². The number of thioether (sulfide) groups is 1. The highest BCUT2D eigenvalue weighted by atomic mass is 32.2. The van der Waals surface area contributed by atoms with E-state index in [1.807, 2.05) is 32.0 Å².